The third kappa shape index (κ3) is 5.77. The Morgan fingerprint density at radius 1 is 1.28 bits per heavy atom. The van der Waals surface area contributed by atoms with Crippen molar-refractivity contribution in [3.05, 3.63) is 29.3 Å². The molecule has 2 rings (SSSR count). The summed E-state index contributed by atoms with van der Waals surface area (Å²) in [7, 11) is 0. The Balaban J connectivity index is 1.74. The highest BCUT2D eigenvalue weighted by Gasteiger charge is 2.29. The average molecular weight is 363 g/mol. The van der Waals surface area contributed by atoms with E-state index < -0.39 is 0 Å². The van der Waals surface area contributed by atoms with Crippen molar-refractivity contribution in [2.24, 2.45) is 11.8 Å². The fourth-order valence-electron chi connectivity index (χ4n) is 3.05. The second-order valence-corrected chi connectivity index (χ2v) is 8.33. The molecule has 1 aromatic carbocycles. The van der Waals surface area contributed by atoms with Crippen molar-refractivity contribution in [2.45, 2.75) is 45.4 Å². The van der Waals surface area contributed by atoms with Gasteiger partial charge < -0.3 is 10.2 Å². The first kappa shape index (κ1) is 19.8. The van der Waals surface area contributed by atoms with Crippen molar-refractivity contribution < 1.29 is 9.59 Å². The molecule has 138 valence electrons. The number of nitrogens with one attached hydrogen (secondary N) is 1. The Morgan fingerprint density at radius 2 is 2.04 bits per heavy atom. The summed E-state index contributed by atoms with van der Waals surface area (Å²) in [6.07, 6.45) is 1.78. The third-order valence-corrected chi connectivity index (χ3v) is 5.74. The van der Waals surface area contributed by atoms with Gasteiger partial charge in [0.1, 0.15) is 0 Å². The highest BCUT2D eigenvalue weighted by molar-refractivity contribution is 7.99. The Bertz CT molecular complexity index is 616. The first-order valence-corrected chi connectivity index (χ1v) is 10.1. The van der Waals surface area contributed by atoms with E-state index >= 15 is 0 Å². The minimum Gasteiger partial charge on any atom is -0.355 e. The number of likely N-dealkylation sites (tertiary alicyclic amines) is 1. The van der Waals surface area contributed by atoms with Crippen LogP contribution in [0.25, 0.3) is 0 Å². The zero-order valence-electron chi connectivity index (χ0n) is 15.8. The molecule has 1 N–H and O–H groups in total. The fraction of sp³-hybridized carbons (Fsp3) is 0.600. The van der Waals surface area contributed by atoms with E-state index in [1.807, 2.05) is 18.7 Å². The second-order valence-electron chi connectivity index (χ2n) is 7.16. The van der Waals surface area contributed by atoms with Gasteiger partial charge in [0, 0.05) is 36.2 Å². The van der Waals surface area contributed by atoms with E-state index in [1.165, 1.54) is 16.0 Å². The van der Waals surface area contributed by atoms with Crippen LogP contribution >= 0.6 is 11.8 Å². The number of carbonyl (C=O) groups excluding carboxylic acids is 2. The van der Waals surface area contributed by atoms with Gasteiger partial charge in [-0.15, -0.1) is 11.8 Å². The number of piperidine rings is 1. The van der Waals surface area contributed by atoms with Gasteiger partial charge in [-0.2, -0.15) is 0 Å². The maximum Gasteiger partial charge on any atom is 0.225 e. The molecule has 4 nitrogen and oxygen atoms in total. The molecule has 0 radical (unpaired) electrons. The summed E-state index contributed by atoms with van der Waals surface area (Å²) < 4.78 is 0. The van der Waals surface area contributed by atoms with Crippen LogP contribution in [0.5, 0.6) is 0 Å². The van der Waals surface area contributed by atoms with Crippen LogP contribution in [-0.4, -0.2) is 42.1 Å². The maximum absolute atomic E-state index is 12.4. The summed E-state index contributed by atoms with van der Waals surface area (Å²) in [6, 6.07) is 6.46. The molecule has 1 fully saturated rings. The van der Waals surface area contributed by atoms with Gasteiger partial charge in [0.25, 0.3) is 0 Å². The van der Waals surface area contributed by atoms with Crippen LogP contribution in [-0.2, 0) is 9.59 Å². The summed E-state index contributed by atoms with van der Waals surface area (Å²) in [6.45, 7) is 10.1. The summed E-state index contributed by atoms with van der Waals surface area (Å²) >= 11 is 1.76. The van der Waals surface area contributed by atoms with Gasteiger partial charge >= 0.3 is 0 Å². The fourth-order valence-corrected chi connectivity index (χ4v) is 3.91. The molecule has 0 aromatic heterocycles. The van der Waals surface area contributed by atoms with E-state index in [2.05, 4.69) is 37.4 Å². The number of rotatable bonds is 6. The molecule has 5 heteroatoms. The van der Waals surface area contributed by atoms with Crippen LogP contribution in [0.15, 0.2) is 23.1 Å². The molecule has 1 saturated heterocycles. The zero-order valence-corrected chi connectivity index (χ0v) is 16.6. The predicted molar refractivity (Wildman–Crippen MR) is 104 cm³/mol. The van der Waals surface area contributed by atoms with Crippen LogP contribution in [0.1, 0.15) is 37.8 Å². The monoisotopic (exact) mass is 362 g/mol. The van der Waals surface area contributed by atoms with Crippen molar-refractivity contribution in [1.82, 2.24) is 10.2 Å². The molecular formula is C20H30N2O2S. The van der Waals surface area contributed by atoms with E-state index in [9.17, 15) is 9.59 Å². The number of nitrogens with zero attached hydrogens (tertiary/aromatic N) is 1. The number of carbonyl (C=O) groups is 2. The van der Waals surface area contributed by atoms with Crippen LogP contribution in [0.3, 0.4) is 0 Å². The van der Waals surface area contributed by atoms with Crippen molar-refractivity contribution in [2.75, 3.05) is 25.4 Å². The van der Waals surface area contributed by atoms with Crippen LogP contribution in [0, 0.1) is 25.7 Å². The highest BCUT2D eigenvalue weighted by atomic mass is 32.2. The Labute approximate surface area is 155 Å². The number of thioether (sulfide) groups is 1. The van der Waals surface area contributed by atoms with Gasteiger partial charge in [-0.05, 0) is 49.9 Å². The molecule has 0 spiro atoms. The van der Waals surface area contributed by atoms with Gasteiger partial charge in [-0.3, -0.25) is 9.59 Å². The normalized spacial score (nSPS) is 17.6. The average Bonchev–Trinajstić information content (AvgIpc) is 2.60. The molecule has 1 aliphatic heterocycles. The third-order valence-electron chi connectivity index (χ3n) is 4.75. The number of aryl methyl sites for hydroxylation is 2. The van der Waals surface area contributed by atoms with Crippen LogP contribution in [0.2, 0.25) is 0 Å². The number of amides is 2. The van der Waals surface area contributed by atoms with E-state index in [4.69, 9.17) is 0 Å². The lowest BCUT2D eigenvalue weighted by Crippen LogP contribution is -2.46. The number of hydrogen-bond acceptors (Lipinski definition) is 3. The second kappa shape index (κ2) is 9.27. The lowest BCUT2D eigenvalue weighted by atomic mass is 9.96. The standard InChI is InChI=1S/C20H30N2O2S/c1-14(2)20(24)22-10-5-6-17(13-22)19(23)21-9-11-25-18-8-7-15(3)16(4)12-18/h7-8,12,14,17H,5-6,9-11,13H2,1-4H3,(H,21,23)/t17-/m0/s1. The van der Waals surface area contributed by atoms with Gasteiger partial charge in [-0.25, -0.2) is 0 Å². The van der Waals surface area contributed by atoms with Crippen LogP contribution < -0.4 is 5.32 Å². The minimum absolute atomic E-state index is 0.00354. The molecule has 0 unspecified atom stereocenters. The number of benzene rings is 1. The van der Waals surface area contributed by atoms with E-state index in [0.717, 1.165) is 25.1 Å². The maximum atomic E-state index is 12.4. The first-order chi connectivity index (χ1) is 11.9. The Kier molecular flexibility index (Phi) is 7.36. The largest absolute Gasteiger partial charge is 0.355 e. The molecule has 1 heterocycles. The van der Waals surface area contributed by atoms with Gasteiger partial charge in [0.05, 0.1) is 5.92 Å². The molecule has 0 saturated carbocycles. The van der Waals surface area contributed by atoms with Gasteiger partial charge in [0.2, 0.25) is 11.8 Å². The van der Waals surface area contributed by atoms with E-state index in [0.29, 0.717) is 13.1 Å². The Hall–Kier alpha value is -1.49. The number of hydrogen-bond donors (Lipinski definition) is 1. The molecule has 0 bridgehead atoms. The summed E-state index contributed by atoms with van der Waals surface area (Å²) in [5.41, 5.74) is 2.60. The lowest BCUT2D eigenvalue weighted by Gasteiger charge is -2.33. The van der Waals surface area contributed by atoms with Crippen molar-refractivity contribution in [3.8, 4) is 0 Å². The topological polar surface area (TPSA) is 49.4 Å². The summed E-state index contributed by atoms with van der Waals surface area (Å²) in [5.74, 6) is 1.03. The minimum atomic E-state index is -0.0666. The van der Waals surface area contributed by atoms with Crippen LogP contribution in [0.4, 0.5) is 0 Å². The molecular weight excluding hydrogens is 332 g/mol. The van der Waals surface area contributed by atoms with Crippen molar-refractivity contribution in [3.63, 3.8) is 0 Å². The molecule has 1 aromatic rings. The zero-order chi connectivity index (χ0) is 18.4. The van der Waals surface area contributed by atoms with E-state index in [1.54, 1.807) is 11.8 Å². The quantitative estimate of drug-likeness (QED) is 0.623. The highest BCUT2D eigenvalue weighted by Crippen LogP contribution is 2.21. The smallest absolute Gasteiger partial charge is 0.225 e. The molecule has 0 aliphatic carbocycles. The van der Waals surface area contributed by atoms with Crippen molar-refractivity contribution >= 4 is 23.6 Å². The molecule has 2 amide bonds. The SMILES string of the molecule is Cc1ccc(SCCNC(=O)[C@H]2CCCN(C(=O)C(C)C)C2)cc1C. The van der Waals surface area contributed by atoms with Crippen molar-refractivity contribution in [1.29, 1.82) is 0 Å². The molecule has 1 atom stereocenters. The summed E-state index contributed by atoms with van der Waals surface area (Å²) in [4.78, 5) is 27.6. The van der Waals surface area contributed by atoms with Gasteiger partial charge in [0.15, 0.2) is 0 Å². The molecule has 1 aliphatic rings. The van der Waals surface area contributed by atoms with E-state index in [-0.39, 0.29) is 23.7 Å². The van der Waals surface area contributed by atoms with Gasteiger partial charge in [-0.1, -0.05) is 19.9 Å². The predicted octanol–water partition coefficient (Wildman–Crippen LogP) is 3.41. The summed E-state index contributed by atoms with van der Waals surface area (Å²) in [5, 5.41) is 3.04. The lowest BCUT2D eigenvalue weighted by molar-refractivity contribution is -0.138. The molecule has 25 heavy (non-hydrogen) atoms. The Morgan fingerprint density at radius 3 is 2.72 bits per heavy atom. The first-order valence-electron chi connectivity index (χ1n) is 9.15.